The SMILES string of the molecule is CCC[C@@H]1C(=O)N(C)[C@@H](CC(C)C)C(=O)N[C@H](C(C)C)C(=O)N(C)[C@H](CC(C)C)C(=O)N[C@H](C)C(=O)C[C@@H](C)C(=O)N(C)[C@H](CC(C)C)C(=O)N(C)[C@H](CC(C)C)C(=O)N(C)[C@H](C(C)C)C(=O)N(C)[C@H]([C@@H]2OCC[C@H]2C)C(=O)N[C@H](CC)C(=O)N1C. The van der Waals surface area contributed by atoms with Gasteiger partial charge >= 0.3 is 0 Å². The highest BCUT2D eigenvalue weighted by molar-refractivity contribution is 6.00. The molecular formula is C64H114N10O12. The Morgan fingerprint density at radius 1 is 0.453 bits per heavy atom. The van der Waals surface area contributed by atoms with Crippen LogP contribution >= 0.6 is 0 Å². The second-order valence-corrected chi connectivity index (χ2v) is 27.3. The Balaban J connectivity index is 3.00. The smallest absolute Gasteiger partial charge is 0.246 e. The predicted octanol–water partition coefficient (Wildman–Crippen LogP) is 4.99. The van der Waals surface area contributed by atoms with Gasteiger partial charge in [0.15, 0.2) is 5.78 Å². The van der Waals surface area contributed by atoms with Crippen LogP contribution in [0.15, 0.2) is 0 Å². The molecule has 13 atom stereocenters. The van der Waals surface area contributed by atoms with Gasteiger partial charge < -0.3 is 55.0 Å². The van der Waals surface area contributed by atoms with Crippen molar-refractivity contribution in [1.29, 1.82) is 0 Å². The van der Waals surface area contributed by atoms with Crippen molar-refractivity contribution < 1.29 is 57.5 Å². The van der Waals surface area contributed by atoms with Crippen LogP contribution in [0.1, 0.15) is 175 Å². The third-order valence-electron chi connectivity index (χ3n) is 17.3. The molecule has 2 fully saturated rings. The molecule has 0 saturated carbocycles. The van der Waals surface area contributed by atoms with E-state index in [0.29, 0.717) is 19.4 Å². The number of rotatable bonds is 14. The van der Waals surface area contributed by atoms with Crippen molar-refractivity contribution in [2.45, 2.75) is 242 Å². The number of nitrogens with one attached hydrogen (secondary N) is 3. The molecule has 0 radical (unpaired) electrons. The zero-order valence-corrected chi connectivity index (χ0v) is 57.1. The van der Waals surface area contributed by atoms with Crippen LogP contribution in [-0.2, 0) is 57.5 Å². The Bertz CT molecular complexity index is 2340. The summed E-state index contributed by atoms with van der Waals surface area (Å²) in [5, 5.41) is 8.63. The fourth-order valence-corrected chi connectivity index (χ4v) is 11.9. The lowest BCUT2D eigenvalue weighted by Crippen LogP contribution is -2.63. The summed E-state index contributed by atoms with van der Waals surface area (Å²) in [5.41, 5.74) is 0. The van der Waals surface area contributed by atoms with Crippen molar-refractivity contribution in [1.82, 2.24) is 50.2 Å². The van der Waals surface area contributed by atoms with Crippen molar-refractivity contribution in [3.05, 3.63) is 0 Å². The topological polar surface area (TPSA) is 256 Å². The Hall–Kier alpha value is -5.67. The van der Waals surface area contributed by atoms with E-state index in [1.54, 1.807) is 41.5 Å². The number of ether oxygens (including phenoxy) is 1. The number of likely N-dealkylation sites (N-methyl/N-ethyl adjacent to an activating group) is 7. The molecule has 0 aliphatic carbocycles. The molecule has 2 rings (SSSR count). The molecule has 2 aliphatic heterocycles. The van der Waals surface area contributed by atoms with E-state index in [2.05, 4.69) is 16.0 Å². The van der Waals surface area contributed by atoms with Gasteiger partial charge in [0.25, 0.3) is 0 Å². The lowest BCUT2D eigenvalue weighted by atomic mass is 9.93. The van der Waals surface area contributed by atoms with E-state index in [9.17, 15) is 33.6 Å². The number of ketones is 1. The quantitative estimate of drug-likeness (QED) is 0.208. The maximum Gasteiger partial charge on any atom is 0.246 e. The maximum absolute atomic E-state index is 15.2. The van der Waals surface area contributed by atoms with E-state index in [4.69, 9.17) is 4.74 Å². The van der Waals surface area contributed by atoms with Crippen molar-refractivity contribution in [3.63, 3.8) is 0 Å². The van der Waals surface area contributed by atoms with E-state index < -0.39 is 149 Å². The second kappa shape index (κ2) is 34.2. The molecule has 0 aromatic carbocycles. The minimum absolute atomic E-state index is 0.0911. The van der Waals surface area contributed by atoms with Gasteiger partial charge in [0.1, 0.15) is 54.4 Å². The average Bonchev–Trinajstić information content (AvgIpc) is 1.98. The second-order valence-electron chi connectivity index (χ2n) is 27.3. The number of carbonyl (C=O) groups is 11. The first-order valence-electron chi connectivity index (χ1n) is 31.7. The van der Waals surface area contributed by atoms with E-state index in [-0.39, 0.29) is 74.5 Å². The zero-order valence-electron chi connectivity index (χ0n) is 57.1. The standard InChI is InChI=1S/C64H114N10O12/c1-25-27-45-60(81)69(19)47(31-36(5)6)56(77)67-51(39(11)12)63(84)70(20)46(30-35(3)4)55(76)65-43(17)50(75)34-42(16)58(79)71(21)48(32-37(7)8)61(82)72(22)49(33-38(9)10)62(83)73(23)52(40(13)14)64(85)74(24)53(54-41(15)28-29-86-54)57(78)66-44(26-2)59(80)68(45)18/h35-49,51-54H,25-34H2,1-24H3,(H,65,76)(H,66,78)(H,67,77)/t41-,42-,43-,44-,45-,46-,47+,48-,49-,51-,52-,53-,54-/m1/s1. The van der Waals surface area contributed by atoms with Crippen molar-refractivity contribution in [3.8, 4) is 0 Å². The summed E-state index contributed by atoms with van der Waals surface area (Å²) >= 11 is 0. The van der Waals surface area contributed by atoms with E-state index in [1.165, 1.54) is 90.6 Å². The van der Waals surface area contributed by atoms with E-state index in [0.717, 1.165) is 0 Å². The monoisotopic (exact) mass is 1210 g/mol. The molecule has 0 bridgehead atoms. The Morgan fingerprint density at radius 3 is 1.30 bits per heavy atom. The van der Waals surface area contributed by atoms with Crippen LogP contribution in [0.25, 0.3) is 0 Å². The first-order valence-corrected chi connectivity index (χ1v) is 31.7. The third-order valence-corrected chi connectivity index (χ3v) is 17.3. The van der Waals surface area contributed by atoms with Crippen LogP contribution < -0.4 is 16.0 Å². The maximum atomic E-state index is 15.2. The molecule has 2 aliphatic rings. The van der Waals surface area contributed by atoms with E-state index in [1.807, 2.05) is 69.2 Å². The van der Waals surface area contributed by atoms with E-state index >= 15 is 19.2 Å². The number of amides is 10. The fourth-order valence-electron chi connectivity index (χ4n) is 11.9. The van der Waals surface area contributed by atoms with Gasteiger partial charge in [-0.15, -0.1) is 0 Å². The van der Waals surface area contributed by atoms with Crippen molar-refractivity contribution in [2.75, 3.05) is 55.9 Å². The molecule has 3 N–H and O–H groups in total. The largest absolute Gasteiger partial charge is 0.375 e. The molecule has 22 heteroatoms. The molecule has 492 valence electrons. The highest BCUT2D eigenvalue weighted by Gasteiger charge is 2.48. The van der Waals surface area contributed by atoms with Gasteiger partial charge in [0.05, 0.1) is 12.1 Å². The summed E-state index contributed by atoms with van der Waals surface area (Å²) in [6, 6.07) is -11.4. The molecular weight excluding hydrogens is 1100 g/mol. The summed E-state index contributed by atoms with van der Waals surface area (Å²) < 4.78 is 6.21. The van der Waals surface area contributed by atoms with Gasteiger partial charge in [-0.3, -0.25) is 52.7 Å². The number of hydrogen-bond donors (Lipinski definition) is 3. The minimum Gasteiger partial charge on any atom is -0.375 e. The lowest BCUT2D eigenvalue weighted by molar-refractivity contribution is -0.157. The molecule has 0 aromatic heterocycles. The third kappa shape index (κ3) is 19.9. The normalized spacial score (nSPS) is 29.5. The zero-order chi connectivity index (χ0) is 66.3. The predicted molar refractivity (Wildman–Crippen MR) is 332 cm³/mol. The minimum atomic E-state index is -1.29. The summed E-state index contributed by atoms with van der Waals surface area (Å²) in [5.74, 6) is -8.92. The molecule has 0 unspecified atom stereocenters. The van der Waals surface area contributed by atoms with Gasteiger partial charge in [-0.05, 0) is 93.3 Å². The van der Waals surface area contributed by atoms with Crippen LogP contribution in [0, 0.1) is 47.3 Å². The molecule has 86 heavy (non-hydrogen) atoms. The number of carbonyl (C=O) groups excluding carboxylic acids is 11. The number of hydrogen-bond acceptors (Lipinski definition) is 12. The van der Waals surface area contributed by atoms with Gasteiger partial charge in [-0.2, -0.15) is 0 Å². The van der Waals surface area contributed by atoms with Crippen molar-refractivity contribution in [2.24, 2.45) is 47.3 Å². The van der Waals surface area contributed by atoms with Gasteiger partial charge in [-0.25, -0.2) is 0 Å². The van der Waals surface area contributed by atoms with Gasteiger partial charge in [-0.1, -0.05) is 117 Å². The molecule has 0 aromatic rings. The number of nitrogens with zero attached hydrogens (tertiary/aromatic N) is 7. The summed E-state index contributed by atoms with van der Waals surface area (Å²) in [6.07, 6.45) is 0.977. The highest BCUT2D eigenvalue weighted by atomic mass is 16.5. The molecule has 10 amide bonds. The van der Waals surface area contributed by atoms with Crippen LogP contribution in [0.5, 0.6) is 0 Å². The molecule has 22 nitrogen and oxygen atoms in total. The van der Waals surface area contributed by atoms with Crippen LogP contribution in [0.4, 0.5) is 0 Å². The van der Waals surface area contributed by atoms with Crippen molar-refractivity contribution >= 4 is 64.9 Å². The molecule has 0 spiro atoms. The first kappa shape index (κ1) is 76.4. The van der Waals surface area contributed by atoms with Crippen LogP contribution in [0.3, 0.4) is 0 Å². The van der Waals surface area contributed by atoms with Gasteiger partial charge in [0, 0.05) is 68.3 Å². The molecule has 2 heterocycles. The summed E-state index contributed by atoms with van der Waals surface area (Å²) in [7, 11) is 10.4. The Morgan fingerprint density at radius 2 is 0.872 bits per heavy atom. The first-order chi connectivity index (χ1) is 39.8. The highest BCUT2D eigenvalue weighted by Crippen LogP contribution is 2.29. The Kier molecular flexibility index (Phi) is 30.4. The fraction of sp³-hybridized carbons (Fsp3) is 0.828. The average molecular weight is 1220 g/mol. The molecule has 2 saturated heterocycles. The Labute approximate surface area is 516 Å². The summed E-state index contributed by atoms with van der Waals surface area (Å²) in [4.78, 5) is 172. The lowest BCUT2D eigenvalue weighted by Gasteiger charge is -2.41. The van der Waals surface area contributed by atoms with Gasteiger partial charge in [0.2, 0.25) is 59.1 Å². The van der Waals surface area contributed by atoms with Crippen LogP contribution in [0.2, 0.25) is 0 Å². The number of Topliss-reactive ketones (excluding diaryl/α,β-unsaturated/α-hetero) is 1. The summed E-state index contributed by atoms with van der Waals surface area (Å²) in [6.45, 7) is 31.1. The van der Waals surface area contributed by atoms with Crippen LogP contribution in [-0.4, -0.2) is 222 Å².